The van der Waals surface area contributed by atoms with Gasteiger partial charge in [0.25, 0.3) is 5.91 Å². The molecule has 1 N–H and O–H groups in total. The first-order valence-corrected chi connectivity index (χ1v) is 13.7. The molecule has 2 aromatic rings. The molecule has 1 saturated carbocycles. The fourth-order valence-corrected chi connectivity index (χ4v) is 5.66. The van der Waals surface area contributed by atoms with Crippen molar-refractivity contribution in [3.05, 3.63) is 52.5 Å². The monoisotopic (exact) mass is 556 g/mol. The van der Waals surface area contributed by atoms with Crippen LogP contribution in [0, 0.1) is 11.8 Å². The summed E-state index contributed by atoms with van der Waals surface area (Å²) in [6.07, 6.45) is 0.908. The van der Waals surface area contributed by atoms with E-state index in [9.17, 15) is 19.5 Å². The molecule has 2 atom stereocenters. The number of carboxylic acid groups (broad SMARTS) is 1. The highest BCUT2D eigenvalue weighted by Crippen LogP contribution is 2.46. The molecule has 1 saturated heterocycles. The number of hydrogen-bond donors (Lipinski definition) is 1. The van der Waals surface area contributed by atoms with E-state index in [1.165, 1.54) is 0 Å². The summed E-state index contributed by atoms with van der Waals surface area (Å²) in [5.41, 5.74) is 2.06. The molecule has 2 amide bonds. The first-order valence-electron chi connectivity index (χ1n) is 13.3. The second-order valence-electron chi connectivity index (χ2n) is 10.4. The number of piperidine rings is 1. The molecule has 0 unspecified atom stereocenters. The highest BCUT2D eigenvalue weighted by atomic mass is 35.5. The van der Waals surface area contributed by atoms with Crippen LogP contribution in [0.3, 0.4) is 0 Å². The van der Waals surface area contributed by atoms with Crippen molar-refractivity contribution in [1.82, 2.24) is 4.90 Å². The summed E-state index contributed by atoms with van der Waals surface area (Å²) in [5.74, 6) is -0.421. The zero-order chi connectivity index (χ0) is 27.7. The van der Waals surface area contributed by atoms with E-state index in [0.29, 0.717) is 71.7 Å². The van der Waals surface area contributed by atoms with Crippen molar-refractivity contribution in [2.45, 2.75) is 44.3 Å². The molecule has 3 aliphatic rings. The van der Waals surface area contributed by atoms with Gasteiger partial charge in [0.1, 0.15) is 12.2 Å². The Kier molecular flexibility index (Phi) is 8.00. The number of carboxylic acids is 1. The number of carbonyl (C=O) groups is 3. The Bertz CT molecular complexity index is 1260. The zero-order valence-electron chi connectivity index (χ0n) is 22.1. The highest BCUT2D eigenvalue weighted by molar-refractivity contribution is 6.30. The number of fused-ring (bicyclic) bond motifs is 1. The molecule has 2 aliphatic heterocycles. The normalized spacial score (nSPS) is 21.8. The van der Waals surface area contributed by atoms with Gasteiger partial charge in [0.05, 0.1) is 26.6 Å². The molecular weight excluding hydrogens is 524 g/mol. The molecule has 9 nitrogen and oxygen atoms in total. The fourth-order valence-electron chi connectivity index (χ4n) is 5.47. The minimum absolute atomic E-state index is 0.151. The number of rotatable bonds is 8. The lowest BCUT2D eigenvalue weighted by Crippen LogP contribution is -2.45. The van der Waals surface area contributed by atoms with Gasteiger partial charge in [0, 0.05) is 41.5 Å². The predicted molar refractivity (Wildman–Crippen MR) is 144 cm³/mol. The van der Waals surface area contributed by atoms with E-state index in [1.54, 1.807) is 42.2 Å². The number of halogens is 1. The van der Waals surface area contributed by atoms with Gasteiger partial charge < -0.3 is 29.1 Å². The molecule has 39 heavy (non-hydrogen) atoms. The Balaban J connectivity index is 1.52. The maximum atomic E-state index is 14.0. The smallest absolute Gasteiger partial charge is 0.306 e. The second-order valence-corrected chi connectivity index (χ2v) is 10.8. The molecule has 0 bridgehead atoms. The van der Waals surface area contributed by atoms with Gasteiger partial charge in [0.2, 0.25) is 5.91 Å². The standard InChI is InChI=1S/C29H33ClN2O7/c1-37-23-5-3-4-20(27(23)38-2)26-21-14-19(30)8-9-22(21)32(16-17-6-7-17)28(34)24(39-26)15-25(33)31-12-10-18(11-13-31)29(35)36/h3-5,8-9,14,17-18,24,26H,6-7,10-13,15-16H2,1-2H3,(H,35,36)/t24-,26-/m0/s1. The molecule has 0 radical (unpaired) electrons. The Morgan fingerprint density at radius 2 is 1.79 bits per heavy atom. The van der Waals surface area contributed by atoms with Gasteiger partial charge in [0.15, 0.2) is 11.5 Å². The Hall–Kier alpha value is -3.30. The van der Waals surface area contributed by atoms with E-state index in [1.807, 2.05) is 18.2 Å². The highest BCUT2D eigenvalue weighted by Gasteiger charge is 2.41. The van der Waals surface area contributed by atoms with E-state index in [0.717, 1.165) is 12.8 Å². The molecule has 1 aliphatic carbocycles. The molecule has 2 fully saturated rings. The molecular formula is C29H33ClN2O7. The van der Waals surface area contributed by atoms with Crippen LogP contribution in [0.4, 0.5) is 5.69 Å². The van der Waals surface area contributed by atoms with Gasteiger partial charge in [-0.25, -0.2) is 0 Å². The Morgan fingerprint density at radius 1 is 1.05 bits per heavy atom. The number of amides is 2. The summed E-state index contributed by atoms with van der Waals surface area (Å²) in [7, 11) is 3.10. The number of anilines is 1. The van der Waals surface area contributed by atoms with Crippen LogP contribution in [0.2, 0.25) is 5.02 Å². The summed E-state index contributed by atoms with van der Waals surface area (Å²) in [4.78, 5) is 42.2. The third-order valence-corrected chi connectivity index (χ3v) is 8.05. The van der Waals surface area contributed by atoms with Crippen molar-refractivity contribution >= 4 is 35.1 Å². The van der Waals surface area contributed by atoms with E-state index in [-0.39, 0.29) is 18.2 Å². The summed E-state index contributed by atoms with van der Waals surface area (Å²) >= 11 is 6.46. The lowest BCUT2D eigenvalue weighted by molar-refractivity contribution is -0.148. The lowest BCUT2D eigenvalue weighted by Gasteiger charge is -2.32. The fraction of sp³-hybridized carbons (Fsp3) is 0.483. The zero-order valence-corrected chi connectivity index (χ0v) is 22.9. The topological polar surface area (TPSA) is 106 Å². The number of hydrogen-bond acceptors (Lipinski definition) is 6. The summed E-state index contributed by atoms with van der Waals surface area (Å²) in [5, 5.41) is 9.82. The van der Waals surface area contributed by atoms with Gasteiger partial charge in [-0.2, -0.15) is 0 Å². The van der Waals surface area contributed by atoms with Crippen molar-refractivity contribution in [2.75, 3.05) is 38.8 Å². The average Bonchev–Trinajstić information content (AvgIpc) is 3.78. The Morgan fingerprint density at radius 3 is 2.44 bits per heavy atom. The molecule has 2 heterocycles. The summed E-state index contributed by atoms with van der Waals surface area (Å²) < 4.78 is 17.8. The predicted octanol–water partition coefficient (Wildman–Crippen LogP) is 4.30. The minimum Gasteiger partial charge on any atom is -0.493 e. The molecule has 2 aromatic carbocycles. The van der Waals surface area contributed by atoms with Crippen LogP contribution in [0.1, 0.15) is 49.3 Å². The number of ether oxygens (including phenoxy) is 3. The SMILES string of the molecule is COc1cccc([C@@H]2O[C@@H](CC(=O)N3CCC(C(=O)O)CC3)C(=O)N(CC3CC3)c3ccc(Cl)cc32)c1OC. The van der Waals surface area contributed by atoms with Crippen LogP contribution >= 0.6 is 11.6 Å². The molecule has 0 spiro atoms. The van der Waals surface area contributed by atoms with Crippen molar-refractivity contribution in [1.29, 1.82) is 0 Å². The van der Waals surface area contributed by atoms with Crippen LogP contribution < -0.4 is 14.4 Å². The van der Waals surface area contributed by atoms with Crippen LogP contribution in [0.15, 0.2) is 36.4 Å². The van der Waals surface area contributed by atoms with E-state index in [4.69, 9.17) is 25.8 Å². The number of nitrogens with zero attached hydrogens (tertiary/aromatic N) is 2. The number of para-hydroxylation sites is 1. The molecule has 5 rings (SSSR count). The van der Waals surface area contributed by atoms with Gasteiger partial charge in [-0.15, -0.1) is 0 Å². The quantitative estimate of drug-likeness (QED) is 0.516. The minimum atomic E-state index is -1.06. The largest absolute Gasteiger partial charge is 0.493 e. The molecule has 208 valence electrons. The van der Waals surface area contributed by atoms with Crippen LogP contribution in [0.5, 0.6) is 11.5 Å². The van der Waals surface area contributed by atoms with E-state index >= 15 is 0 Å². The average molecular weight is 557 g/mol. The van der Waals surface area contributed by atoms with Crippen LogP contribution in [0.25, 0.3) is 0 Å². The van der Waals surface area contributed by atoms with Crippen LogP contribution in [-0.4, -0.2) is 67.7 Å². The Labute approximate surface area is 232 Å². The lowest BCUT2D eigenvalue weighted by atomic mass is 9.96. The van der Waals surface area contributed by atoms with Crippen molar-refractivity contribution < 1.29 is 33.7 Å². The molecule has 0 aromatic heterocycles. The van der Waals surface area contributed by atoms with Gasteiger partial charge in [-0.3, -0.25) is 14.4 Å². The van der Waals surface area contributed by atoms with Gasteiger partial charge in [-0.05, 0) is 55.9 Å². The molecule has 10 heteroatoms. The summed E-state index contributed by atoms with van der Waals surface area (Å²) in [6.45, 7) is 1.21. The third-order valence-electron chi connectivity index (χ3n) is 7.82. The number of benzene rings is 2. The van der Waals surface area contributed by atoms with Gasteiger partial charge in [-0.1, -0.05) is 23.7 Å². The van der Waals surface area contributed by atoms with Crippen molar-refractivity contribution in [2.24, 2.45) is 11.8 Å². The second kappa shape index (κ2) is 11.4. The van der Waals surface area contributed by atoms with E-state index in [2.05, 4.69) is 0 Å². The number of likely N-dealkylation sites (tertiary alicyclic amines) is 1. The number of carbonyl (C=O) groups excluding carboxylic acids is 2. The first kappa shape index (κ1) is 27.3. The maximum absolute atomic E-state index is 14.0. The maximum Gasteiger partial charge on any atom is 0.306 e. The first-order chi connectivity index (χ1) is 18.8. The number of aliphatic carboxylic acids is 1. The number of methoxy groups -OCH3 is 2. The van der Waals surface area contributed by atoms with Crippen molar-refractivity contribution in [3.63, 3.8) is 0 Å². The van der Waals surface area contributed by atoms with Crippen LogP contribution in [-0.2, 0) is 19.1 Å². The summed E-state index contributed by atoms with van der Waals surface area (Å²) in [6, 6.07) is 10.9. The third kappa shape index (κ3) is 5.70. The van der Waals surface area contributed by atoms with Crippen molar-refractivity contribution in [3.8, 4) is 11.5 Å². The van der Waals surface area contributed by atoms with E-state index < -0.39 is 24.1 Å². The van der Waals surface area contributed by atoms with Gasteiger partial charge >= 0.3 is 5.97 Å².